The van der Waals surface area contributed by atoms with Crippen molar-refractivity contribution in [1.82, 2.24) is 24.5 Å². The van der Waals surface area contributed by atoms with E-state index in [1.165, 1.54) is 16.7 Å². The Bertz CT molecular complexity index is 988. The molecule has 31 heavy (non-hydrogen) atoms. The Hall–Kier alpha value is -2.45. The van der Waals surface area contributed by atoms with Crippen molar-refractivity contribution in [2.24, 2.45) is 0 Å². The Morgan fingerprint density at radius 3 is 2.61 bits per heavy atom. The first-order valence-electron chi connectivity index (χ1n) is 9.67. The van der Waals surface area contributed by atoms with Crippen LogP contribution in [0.4, 0.5) is 19.1 Å². The number of hydrogen-bond acceptors (Lipinski definition) is 8. The molecular formula is C17H21F3N6O4S. The molecular weight excluding hydrogens is 441 g/mol. The van der Waals surface area contributed by atoms with E-state index in [1.54, 1.807) is 0 Å². The number of halogens is 3. The number of aromatic nitrogens is 4. The molecule has 2 aliphatic rings. The smallest absolute Gasteiger partial charge is 0.423 e. The first-order valence-corrected chi connectivity index (χ1v) is 11.1. The average Bonchev–Trinajstić information content (AvgIpc) is 3.42. The van der Waals surface area contributed by atoms with Gasteiger partial charge in [0.25, 0.3) is 0 Å². The molecule has 0 bridgehead atoms. The molecule has 4 heterocycles. The highest BCUT2D eigenvalue weighted by Crippen LogP contribution is 2.36. The fourth-order valence-corrected chi connectivity index (χ4v) is 4.81. The molecule has 170 valence electrons. The van der Waals surface area contributed by atoms with Gasteiger partial charge in [0.1, 0.15) is 16.6 Å². The van der Waals surface area contributed by atoms with E-state index in [4.69, 9.17) is 9.47 Å². The predicted molar refractivity (Wildman–Crippen MR) is 101 cm³/mol. The van der Waals surface area contributed by atoms with Crippen LogP contribution in [0, 0.1) is 0 Å². The maximum atomic E-state index is 13.3. The lowest BCUT2D eigenvalue weighted by Crippen LogP contribution is -2.42. The quantitative estimate of drug-likeness (QED) is 0.665. The number of nitrogens with zero attached hydrogens (tertiary/aromatic N) is 4. The molecule has 2 fully saturated rings. The van der Waals surface area contributed by atoms with Crippen molar-refractivity contribution < 1.29 is 31.1 Å². The van der Waals surface area contributed by atoms with Crippen LogP contribution in [0.2, 0.25) is 0 Å². The van der Waals surface area contributed by atoms with Crippen molar-refractivity contribution in [3.05, 3.63) is 24.2 Å². The molecule has 2 aromatic heterocycles. The van der Waals surface area contributed by atoms with Crippen molar-refractivity contribution in [2.75, 3.05) is 31.6 Å². The third kappa shape index (κ3) is 4.91. The summed E-state index contributed by atoms with van der Waals surface area (Å²) in [6.45, 7) is 1.11. The first-order chi connectivity index (χ1) is 14.7. The lowest BCUT2D eigenvalue weighted by Gasteiger charge is -2.31. The molecule has 2 saturated heterocycles. The maximum absolute atomic E-state index is 13.3. The largest absolute Gasteiger partial charge is 0.471 e. The highest BCUT2D eigenvalue weighted by atomic mass is 32.2. The number of anilines is 1. The zero-order valence-corrected chi connectivity index (χ0v) is 17.1. The number of alkyl halides is 3. The highest BCUT2D eigenvalue weighted by Gasteiger charge is 2.38. The van der Waals surface area contributed by atoms with Crippen molar-refractivity contribution in [2.45, 2.75) is 42.5 Å². The summed E-state index contributed by atoms with van der Waals surface area (Å²) in [6.07, 6.45) is -0.547. The van der Waals surface area contributed by atoms with E-state index in [2.05, 4.69) is 25.5 Å². The molecule has 0 saturated carbocycles. The second kappa shape index (κ2) is 8.59. The Labute approximate surface area is 176 Å². The number of nitrogens with one attached hydrogen (secondary N) is 2. The minimum atomic E-state index is -4.65. The Kier molecular flexibility index (Phi) is 6.03. The van der Waals surface area contributed by atoms with Gasteiger partial charge in [0.2, 0.25) is 21.9 Å². The fraction of sp³-hybridized carbons (Fsp3) is 0.588. The van der Waals surface area contributed by atoms with Crippen molar-refractivity contribution in [1.29, 1.82) is 0 Å². The van der Waals surface area contributed by atoms with Crippen molar-refractivity contribution >= 4 is 16.0 Å². The van der Waals surface area contributed by atoms with Crippen LogP contribution >= 0.6 is 0 Å². The fourth-order valence-electron chi connectivity index (χ4n) is 3.44. The van der Waals surface area contributed by atoms with Gasteiger partial charge >= 0.3 is 6.18 Å². The van der Waals surface area contributed by atoms with Crippen molar-refractivity contribution in [3.63, 3.8) is 0 Å². The molecule has 0 aliphatic carbocycles. The van der Waals surface area contributed by atoms with Gasteiger partial charge in [0, 0.05) is 37.9 Å². The van der Waals surface area contributed by atoms with Crippen LogP contribution in [-0.2, 0) is 20.9 Å². The monoisotopic (exact) mass is 462 g/mol. The minimum Gasteiger partial charge on any atom is -0.471 e. The molecule has 0 amide bonds. The highest BCUT2D eigenvalue weighted by molar-refractivity contribution is 7.89. The Morgan fingerprint density at radius 1 is 1.23 bits per heavy atom. The average molecular weight is 462 g/mol. The molecule has 1 atom stereocenters. The summed E-state index contributed by atoms with van der Waals surface area (Å²) < 4.78 is 76.9. The van der Waals surface area contributed by atoms with Gasteiger partial charge in [-0.05, 0) is 12.8 Å². The van der Waals surface area contributed by atoms with Crippen LogP contribution in [-0.4, -0.2) is 71.3 Å². The van der Waals surface area contributed by atoms with Gasteiger partial charge in [-0.25, -0.2) is 13.4 Å². The van der Waals surface area contributed by atoms with E-state index in [1.807, 2.05) is 0 Å². The number of aromatic amines is 1. The maximum Gasteiger partial charge on any atom is 0.423 e. The Balaban J connectivity index is 1.42. The van der Waals surface area contributed by atoms with E-state index >= 15 is 0 Å². The van der Waals surface area contributed by atoms with Gasteiger partial charge in [-0.1, -0.05) is 0 Å². The van der Waals surface area contributed by atoms with Gasteiger partial charge < -0.3 is 14.8 Å². The summed E-state index contributed by atoms with van der Waals surface area (Å²) in [5.74, 6) is -0.543. The van der Waals surface area contributed by atoms with Gasteiger partial charge in [-0.15, -0.1) is 0 Å². The lowest BCUT2D eigenvalue weighted by atomic mass is 10.1. The lowest BCUT2D eigenvalue weighted by molar-refractivity contribution is -0.139. The molecule has 0 radical (unpaired) electrons. The minimum absolute atomic E-state index is 0.00180. The molecule has 14 heteroatoms. The summed E-state index contributed by atoms with van der Waals surface area (Å²) >= 11 is 0. The topological polar surface area (TPSA) is 122 Å². The number of rotatable bonds is 6. The Morgan fingerprint density at radius 2 is 2.00 bits per heavy atom. The second-order valence-electron chi connectivity index (χ2n) is 7.27. The van der Waals surface area contributed by atoms with Crippen LogP contribution in [0.25, 0.3) is 0 Å². The molecule has 4 rings (SSSR count). The number of H-pyrrole nitrogens is 1. The first kappa shape index (κ1) is 21.8. The molecule has 2 aliphatic heterocycles. The summed E-state index contributed by atoms with van der Waals surface area (Å²) in [5, 5.41) is 9.13. The van der Waals surface area contributed by atoms with Crippen LogP contribution in [0.15, 0.2) is 23.5 Å². The molecule has 2 aromatic rings. The van der Waals surface area contributed by atoms with E-state index in [0.29, 0.717) is 32.1 Å². The van der Waals surface area contributed by atoms with E-state index in [-0.39, 0.29) is 36.6 Å². The predicted octanol–water partition coefficient (Wildman–Crippen LogP) is 1.65. The van der Waals surface area contributed by atoms with Crippen LogP contribution in [0.5, 0.6) is 5.88 Å². The summed E-state index contributed by atoms with van der Waals surface area (Å²) in [5.41, 5.74) is -1.05. The summed E-state index contributed by atoms with van der Waals surface area (Å²) in [7, 11) is -3.63. The zero-order valence-electron chi connectivity index (χ0n) is 16.3. The summed E-state index contributed by atoms with van der Waals surface area (Å²) in [6, 6.07) is -0.199. The SMILES string of the molecule is O=S(=O)(c1cn[nH]c1)N1CCC(Nc2ncc(C(F)(F)F)c(O[C@H]3CCOC3)n2)CC1. The molecule has 10 nitrogen and oxygen atoms in total. The molecule has 2 N–H and O–H groups in total. The van der Waals surface area contributed by atoms with Gasteiger partial charge in [0.15, 0.2) is 0 Å². The van der Waals surface area contributed by atoms with Crippen LogP contribution in [0.3, 0.4) is 0 Å². The third-order valence-corrected chi connectivity index (χ3v) is 6.99. The van der Waals surface area contributed by atoms with Crippen LogP contribution in [0.1, 0.15) is 24.8 Å². The van der Waals surface area contributed by atoms with Gasteiger partial charge in [-0.2, -0.15) is 27.6 Å². The second-order valence-corrected chi connectivity index (χ2v) is 9.21. The van der Waals surface area contributed by atoms with E-state index in [0.717, 1.165) is 0 Å². The summed E-state index contributed by atoms with van der Waals surface area (Å²) in [4.78, 5) is 7.81. The van der Waals surface area contributed by atoms with Gasteiger partial charge in [-0.3, -0.25) is 5.10 Å². The normalized spacial score (nSPS) is 21.3. The number of piperidine rings is 1. The molecule has 0 aromatic carbocycles. The van der Waals surface area contributed by atoms with Crippen molar-refractivity contribution in [3.8, 4) is 5.88 Å². The molecule has 0 unspecified atom stereocenters. The standard InChI is InChI=1S/C17H21F3N6O4S/c18-17(19,20)14-9-21-16(25-15(14)30-12-3-6-29-10-12)24-11-1-4-26(5-2-11)31(27,28)13-7-22-23-8-13/h7-9,11-12H,1-6,10H2,(H,22,23)(H,21,24,25)/t12-/m0/s1. The van der Waals surface area contributed by atoms with E-state index in [9.17, 15) is 21.6 Å². The number of hydrogen-bond donors (Lipinski definition) is 2. The third-order valence-electron chi connectivity index (χ3n) is 5.12. The van der Waals surface area contributed by atoms with Gasteiger partial charge in [0.05, 0.1) is 19.4 Å². The zero-order chi connectivity index (χ0) is 22.1. The van der Waals surface area contributed by atoms with Crippen LogP contribution < -0.4 is 10.1 Å². The number of ether oxygens (including phenoxy) is 2. The molecule has 0 spiro atoms. The van der Waals surface area contributed by atoms with E-state index < -0.39 is 33.7 Å². The number of sulfonamides is 1.